The van der Waals surface area contributed by atoms with Gasteiger partial charge in [0.05, 0.1) is 0 Å². The summed E-state index contributed by atoms with van der Waals surface area (Å²) in [6, 6.07) is 5.72. The van der Waals surface area contributed by atoms with Crippen LogP contribution in [-0.2, 0) is 0 Å². The van der Waals surface area contributed by atoms with E-state index in [0.717, 1.165) is 0 Å². The van der Waals surface area contributed by atoms with Crippen LogP contribution in [0.3, 0.4) is 0 Å². The number of carbonyl (C=O) groups is 1. The molecule has 2 aromatic heterocycles. The minimum Gasteiger partial charge on any atom is -0.292 e. The topological polar surface area (TPSA) is 42.9 Å². The number of ketones is 1. The van der Waals surface area contributed by atoms with Gasteiger partial charge in [-0.1, -0.05) is 6.07 Å². The Labute approximate surface area is 86.5 Å². The smallest absolute Gasteiger partial charge is 0.188 e. The van der Waals surface area contributed by atoms with Crippen LogP contribution in [0.1, 0.15) is 16.7 Å². The van der Waals surface area contributed by atoms with E-state index in [-0.39, 0.29) is 5.78 Å². The first-order chi connectivity index (χ1) is 6.80. The molecule has 72 valence electrons. The second-order valence-electron chi connectivity index (χ2n) is 2.42. The fraction of sp³-hybridized carbons (Fsp3) is 0.100. The molecule has 0 N–H and O–H groups in total. The average molecular weight is 206 g/mol. The van der Waals surface area contributed by atoms with Crippen molar-refractivity contribution in [1.29, 1.82) is 0 Å². The van der Waals surface area contributed by atoms with Crippen molar-refractivity contribution >= 4 is 17.1 Å². The molecule has 2 rings (SSSR count). The fourth-order valence-corrected chi connectivity index (χ4v) is 1.25. The highest BCUT2D eigenvalue weighted by atomic mass is 32.1. The first-order valence-corrected chi connectivity index (χ1v) is 4.94. The van der Waals surface area contributed by atoms with Crippen molar-refractivity contribution in [3.05, 3.63) is 47.2 Å². The van der Waals surface area contributed by atoms with Crippen LogP contribution in [-0.4, -0.2) is 15.8 Å². The molecule has 3 nitrogen and oxygen atoms in total. The number of carbonyl (C=O) groups excluding carboxylic acids is 1. The van der Waals surface area contributed by atoms with Crippen molar-refractivity contribution in [2.24, 2.45) is 0 Å². The average Bonchev–Trinajstić information content (AvgIpc) is 2.74. The van der Waals surface area contributed by atoms with E-state index in [9.17, 15) is 4.79 Å². The Morgan fingerprint density at radius 1 is 1.21 bits per heavy atom. The summed E-state index contributed by atoms with van der Waals surface area (Å²) in [5, 5.41) is 2.38. The van der Waals surface area contributed by atoms with E-state index in [0.29, 0.717) is 5.01 Å². The van der Waals surface area contributed by atoms with Crippen LogP contribution < -0.4 is 0 Å². The zero-order valence-electron chi connectivity index (χ0n) is 7.75. The largest absolute Gasteiger partial charge is 0.292 e. The van der Waals surface area contributed by atoms with Gasteiger partial charge in [-0.3, -0.25) is 9.78 Å². The van der Waals surface area contributed by atoms with Crippen molar-refractivity contribution in [2.75, 3.05) is 0 Å². The molecular formula is C10H10N2OS. The number of thiazole rings is 1. The van der Waals surface area contributed by atoms with Gasteiger partial charge in [0.15, 0.2) is 10.8 Å². The molecule has 0 bridgehead atoms. The minimum atomic E-state index is 0.0417. The maximum absolute atomic E-state index is 10.5. The second kappa shape index (κ2) is 5.99. The van der Waals surface area contributed by atoms with Crippen LogP contribution in [0.4, 0.5) is 0 Å². The third-order valence-electron chi connectivity index (χ3n) is 1.30. The highest BCUT2D eigenvalue weighted by Crippen LogP contribution is 2.02. The predicted molar refractivity (Wildman–Crippen MR) is 56.4 cm³/mol. The number of hydrogen-bond donors (Lipinski definition) is 0. The number of aromatic nitrogens is 2. The highest BCUT2D eigenvalue weighted by molar-refractivity contribution is 7.11. The Balaban J connectivity index is 0.000000146. The van der Waals surface area contributed by atoms with Gasteiger partial charge in [-0.15, -0.1) is 11.3 Å². The summed E-state index contributed by atoms with van der Waals surface area (Å²) in [6.07, 6.45) is 5.13. The molecule has 0 saturated heterocycles. The molecule has 0 saturated carbocycles. The molecule has 0 fully saturated rings. The number of Topliss-reactive ketones (excluding diaryl/α,β-unsaturated/α-hetero) is 1. The quantitative estimate of drug-likeness (QED) is 0.673. The molecule has 2 aromatic rings. The van der Waals surface area contributed by atoms with E-state index in [1.54, 1.807) is 24.0 Å². The van der Waals surface area contributed by atoms with E-state index in [1.165, 1.54) is 18.3 Å². The second-order valence-corrected chi connectivity index (χ2v) is 3.31. The summed E-state index contributed by atoms with van der Waals surface area (Å²) in [5.74, 6) is 0.0417. The molecule has 0 aromatic carbocycles. The summed E-state index contributed by atoms with van der Waals surface area (Å²) < 4.78 is 0. The first-order valence-electron chi connectivity index (χ1n) is 4.06. The molecule has 4 heteroatoms. The van der Waals surface area contributed by atoms with Gasteiger partial charge in [0.2, 0.25) is 0 Å². The van der Waals surface area contributed by atoms with Gasteiger partial charge in [0.25, 0.3) is 0 Å². The van der Waals surface area contributed by atoms with Crippen molar-refractivity contribution in [3.63, 3.8) is 0 Å². The number of pyridine rings is 1. The third-order valence-corrected chi connectivity index (χ3v) is 2.17. The van der Waals surface area contributed by atoms with Gasteiger partial charge in [-0.2, -0.15) is 0 Å². The summed E-state index contributed by atoms with van der Waals surface area (Å²) in [6.45, 7) is 1.51. The summed E-state index contributed by atoms with van der Waals surface area (Å²) in [5.41, 5.74) is 0. The first kappa shape index (κ1) is 10.5. The van der Waals surface area contributed by atoms with Gasteiger partial charge < -0.3 is 0 Å². The van der Waals surface area contributed by atoms with Crippen LogP contribution in [0.25, 0.3) is 0 Å². The van der Waals surface area contributed by atoms with Gasteiger partial charge >= 0.3 is 0 Å². The van der Waals surface area contributed by atoms with Gasteiger partial charge in [-0.05, 0) is 12.1 Å². The molecule has 0 aliphatic heterocycles. The van der Waals surface area contributed by atoms with E-state index in [1.807, 2.05) is 18.2 Å². The molecule has 0 radical (unpaired) electrons. The number of nitrogens with zero attached hydrogens (tertiary/aromatic N) is 2. The lowest BCUT2D eigenvalue weighted by atomic mass is 10.5. The molecule has 0 aliphatic carbocycles. The molecular weight excluding hydrogens is 196 g/mol. The predicted octanol–water partition coefficient (Wildman–Crippen LogP) is 2.43. The monoisotopic (exact) mass is 206 g/mol. The van der Waals surface area contributed by atoms with Crippen molar-refractivity contribution < 1.29 is 4.79 Å². The lowest BCUT2D eigenvalue weighted by Crippen LogP contribution is -1.87. The fourth-order valence-electron chi connectivity index (χ4n) is 0.710. The summed E-state index contributed by atoms with van der Waals surface area (Å²) in [7, 11) is 0. The van der Waals surface area contributed by atoms with Gasteiger partial charge in [0.1, 0.15) is 0 Å². The molecule has 0 spiro atoms. The van der Waals surface area contributed by atoms with Crippen LogP contribution in [0.15, 0.2) is 42.2 Å². The summed E-state index contributed by atoms with van der Waals surface area (Å²) in [4.78, 5) is 18.0. The Hall–Kier alpha value is -1.55. The summed E-state index contributed by atoms with van der Waals surface area (Å²) >= 11 is 1.37. The molecule has 0 amide bonds. The maximum Gasteiger partial charge on any atom is 0.188 e. The van der Waals surface area contributed by atoms with Gasteiger partial charge in [-0.25, -0.2) is 4.98 Å². The van der Waals surface area contributed by atoms with Crippen molar-refractivity contribution in [3.8, 4) is 0 Å². The van der Waals surface area contributed by atoms with Crippen LogP contribution in [0.2, 0.25) is 0 Å². The third kappa shape index (κ3) is 3.91. The Morgan fingerprint density at radius 3 is 2.14 bits per heavy atom. The standard InChI is InChI=1S/C5H5NOS.C5H5N/c1-4(7)5-6-2-3-8-5;1-2-4-6-5-3-1/h2-3H,1H3;1-5H. The minimum absolute atomic E-state index is 0.0417. The normalized spacial score (nSPS) is 8.64. The molecule has 0 atom stereocenters. The molecule has 0 aliphatic rings. The molecule has 14 heavy (non-hydrogen) atoms. The van der Waals surface area contributed by atoms with Crippen LogP contribution in [0.5, 0.6) is 0 Å². The van der Waals surface area contributed by atoms with Crippen LogP contribution in [0, 0.1) is 0 Å². The number of rotatable bonds is 1. The lowest BCUT2D eigenvalue weighted by molar-refractivity contribution is 0.101. The zero-order valence-corrected chi connectivity index (χ0v) is 8.57. The zero-order chi connectivity index (χ0) is 10.2. The maximum atomic E-state index is 10.5. The van der Waals surface area contributed by atoms with Crippen LogP contribution >= 0.6 is 11.3 Å². The SMILES string of the molecule is CC(=O)c1nccs1.c1ccncc1. The van der Waals surface area contributed by atoms with E-state index in [2.05, 4.69) is 9.97 Å². The van der Waals surface area contributed by atoms with E-state index in [4.69, 9.17) is 0 Å². The Kier molecular flexibility index (Phi) is 4.50. The highest BCUT2D eigenvalue weighted by Gasteiger charge is 1.97. The van der Waals surface area contributed by atoms with E-state index >= 15 is 0 Å². The van der Waals surface area contributed by atoms with Crippen molar-refractivity contribution in [2.45, 2.75) is 6.92 Å². The molecule has 2 heterocycles. The Morgan fingerprint density at radius 2 is 1.93 bits per heavy atom. The van der Waals surface area contributed by atoms with Crippen molar-refractivity contribution in [1.82, 2.24) is 9.97 Å². The van der Waals surface area contributed by atoms with Gasteiger partial charge in [0, 0.05) is 30.9 Å². The Bertz CT molecular complexity index is 332. The van der Waals surface area contributed by atoms with E-state index < -0.39 is 0 Å². The lowest BCUT2D eigenvalue weighted by Gasteiger charge is -1.78. The molecule has 0 unspecified atom stereocenters. The number of hydrogen-bond acceptors (Lipinski definition) is 4.